The molecule has 2 amide bonds. The Morgan fingerprint density at radius 3 is 2.25 bits per heavy atom. The summed E-state index contributed by atoms with van der Waals surface area (Å²) in [7, 11) is 0. The molecule has 0 radical (unpaired) electrons. The normalized spacial score (nSPS) is 12.7. The fourth-order valence-electron chi connectivity index (χ4n) is 3.32. The van der Waals surface area contributed by atoms with E-state index in [1.54, 1.807) is 18.2 Å². The second-order valence-corrected chi connectivity index (χ2v) is 8.76. The third-order valence-corrected chi connectivity index (χ3v) is 6.39. The molecule has 0 aliphatic rings. The summed E-state index contributed by atoms with van der Waals surface area (Å²) in [5.74, 6) is 0.129. The number of halogens is 2. The van der Waals surface area contributed by atoms with Gasteiger partial charge in [0, 0.05) is 28.2 Å². The summed E-state index contributed by atoms with van der Waals surface area (Å²) in [5.41, 5.74) is 2.65. The third kappa shape index (κ3) is 6.63. The van der Waals surface area contributed by atoms with Gasteiger partial charge in [0.2, 0.25) is 5.91 Å². The van der Waals surface area contributed by atoms with Gasteiger partial charge in [-0.05, 0) is 62.9 Å². The summed E-state index contributed by atoms with van der Waals surface area (Å²) < 4.78 is 5.85. The lowest BCUT2D eigenvalue weighted by atomic mass is 10.1. The van der Waals surface area contributed by atoms with E-state index < -0.39 is 6.04 Å². The molecular weight excluding hydrogens is 447 g/mol. The van der Waals surface area contributed by atoms with E-state index in [4.69, 9.17) is 27.9 Å². The van der Waals surface area contributed by atoms with Gasteiger partial charge in [-0.25, -0.2) is 0 Å². The Bertz CT molecular complexity index is 929. The van der Waals surface area contributed by atoms with Crippen LogP contribution in [0.5, 0.6) is 5.75 Å². The fraction of sp³-hybridized carbons (Fsp3) is 0.440. The van der Waals surface area contributed by atoms with Crippen LogP contribution in [0.1, 0.15) is 50.3 Å². The average Bonchev–Trinajstić information content (AvgIpc) is 2.76. The van der Waals surface area contributed by atoms with Gasteiger partial charge in [-0.3, -0.25) is 9.59 Å². The lowest BCUT2D eigenvalue weighted by molar-refractivity contribution is -0.143. The molecular formula is C25H32Cl2N2O3. The maximum atomic E-state index is 13.3. The van der Waals surface area contributed by atoms with E-state index in [0.717, 1.165) is 17.5 Å². The van der Waals surface area contributed by atoms with Crippen molar-refractivity contribution in [1.82, 2.24) is 10.2 Å². The number of rotatable bonds is 10. The standard InChI is InChI=1S/C25H32Cl2N2O3/c1-6-17(4)28-25(31)22(7-2)29(14-19-20(26)11-9-12-21(19)27)24(30)15-32-23-13-8-10-16(3)18(23)5/h8-13,17,22H,6-7,14-15H2,1-5H3,(H,28,31)/t17-,22+/m0/s1. The van der Waals surface area contributed by atoms with Gasteiger partial charge in [-0.2, -0.15) is 0 Å². The Morgan fingerprint density at radius 2 is 1.66 bits per heavy atom. The molecule has 0 aromatic heterocycles. The van der Waals surface area contributed by atoms with Gasteiger partial charge in [0.25, 0.3) is 5.91 Å². The SMILES string of the molecule is CC[C@H](C(=O)N[C@@H](C)CC)N(Cc1c(Cl)cccc1Cl)C(=O)COc1cccc(C)c1C. The summed E-state index contributed by atoms with van der Waals surface area (Å²) in [5, 5.41) is 3.88. The molecule has 0 saturated heterocycles. The molecule has 0 aliphatic carbocycles. The zero-order valence-corrected chi connectivity index (χ0v) is 20.9. The van der Waals surface area contributed by atoms with Crippen molar-refractivity contribution in [2.75, 3.05) is 6.61 Å². The molecule has 5 nitrogen and oxygen atoms in total. The second kappa shape index (κ2) is 12.1. The maximum absolute atomic E-state index is 13.3. The van der Waals surface area contributed by atoms with Crippen LogP contribution in [0.3, 0.4) is 0 Å². The van der Waals surface area contributed by atoms with Crippen LogP contribution >= 0.6 is 23.2 Å². The van der Waals surface area contributed by atoms with Crippen molar-refractivity contribution < 1.29 is 14.3 Å². The number of nitrogens with zero attached hydrogens (tertiary/aromatic N) is 1. The lowest BCUT2D eigenvalue weighted by Crippen LogP contribution is -2.51. The molecule has 32 heavy (non-hydrogen) atoms. The zero-order valence-electron chi connectivity index (χ0n) is 19.4. The number of benzene rings is 2. The minimum Gasteiger partial charge on any atom is -0.483 e. The summed E-state index contributed by atoms with van der Waals surface area (Å²) >= 11 is 12.7. The van der Waals surface area contributed by atoms with Crippen molar-refractivity contribution in [3.8, 4) is 5.75 Å². The molecule has 0 aliphatic heterocycles. The van der Waals surface area contributed by atoms with Gasteiger partial charge in [0.15, 0.2) is 6.61 Å². The summed E-state index contributed by atoms with van der Waals surface area (Å²) in [6.45, 7) is 9.66. The molecule has 0 spiro atoms. The summed E-state index contributed by atoms with van der Waals surface area (Å²) in [6.07, 6.45) is 1.24. The van der Waals surface area contributed by atoms with Crippen LogP contribution in [-0.4, -0.2) is 35.4 Å². The molecule has 0 bridgehead atoms. The van der Waals surface area contributed by atoms with E-state index in [-0.39, 0.29) is 31.0 Å². The van der Waals surface area contributed by atoms with Crippen LogP contribution in [0, 0.1) is 13.8 Å². The molecule has 7 heteroatoms. The number of carbonyl (C=O) groups excluding carboxylic acids is 2. The van der Waals surface area contributed by atoms with Crippen LogP contribution in [0.25, 0.3) is 0 Å². The molecule has 0 heterocycles. The second-order valence-electron chi connectivity index (χ2n) is 7.95. The van der Waals surface area contributed by atoms with Gasteiger partial charge >= 0.3 is 0 Å². The van der Waals surface area contributed by atoms with Gasteiger partial charge in [-0.15, -0.1) is 0 Å². The quantitative estimate of drug-likeness (QED) is 0.475. The van der Waals surface area contributed by atoms with Crippen molar-refractivity contribution in [3.05, 3.63) is 63.1 Å². The lowest BCUT2D eigenvalue weighted by Gasteiger charge is -2.32. The molecule has 0 fully saturated rings. The number of hydrogen-bond donors (Lipinski definition) is 1. The minimum atomic E-state index is -0.675. The van der Waals surface area contributed by atoms with Crippen molar-refractivity contribution >= 4 is 35.0 Å². The van der Waals surface area contributed by atoms with Crippen molar-refractivity contribution in [1.29, 1.82) is 0 Å². The van der Waals surface area contributed by atoms with Crippen LogP contribution in [0.4, 0.5) is 0 Å². The monoisotopic (exact) mass is 478 g/mol. The predicted octanol–water partition coefficient (Wildman–Crippen LogP) is 5.71. The Kier molecular flexibility index (Phi) is 9.85. The van der Waals surface area contributed by atoms with Gasteiger partial charge < -0.3 is 15.0 Å². The first-order valence-electron chi connectivity index (χ1n) is 10.9. The average molecular weight is 479 g/mol. The first-order chi connectivity index (χ1) is 15.2. The number of ether oxygens (including phenoxy) is 1. The van der Waals surface area contributed by atoms with Crippen molar-refractivity contribution in [2.24, 2.45) is 0 Å². The van der Waals surface area contributed by atoms with Gasteiger partial charge in [0.05, 0.1) is 0 Å². The highest BCUT2D eigenvalue weighted by atomic mass is 35.5. The molecule has 1 N–H and O–H groups in total. The van der Waals surface area contributed by atoms with Crippen molar-refractivity contribution in [2.45, 2.75) is 66.1 Å². The number of amides is 2. The van der Waals surface area contributed by atoms with Crippen LogP contribution in [-0.2, 0) is 16.1 Å². The molecule has 2 aromatic carbocycles. The molecule has 174 valence electrons. The Balaban J connectivity index is 2.32. The zero-order chi connectivity index (χ0) is 23.8. The molecule has 0 saturated carbocycles. The maximum Gasteiger partial charge on any atom is 0.261 e. The predicted molar refractivity (Wildman–Crippen MR) is 130 cm³/mol. The molecule has 2 rings (SSSR count). The molecule has 0 unspecified atom stereocenters. The Hall–Kier alpha value is -2.24. The highest BCUT2D eigenvalue weighted by molar-refractivity contribution is 6.36. The van der Waals surface area contributed by atoms with E-state index in [1.807, 2.05) is 52.8 Å². The topological polar surface area (TPSA) is 58.6 Å². The van der Waals surface area contributed by atoms with E-state index in [2.05, 4.69) is 5.32 Å². The van der Waals surface area contributed by atoms with E-state index in [1.165, 1.54) is 4.90 Å². The van der Waals surface area contributed by atoms with Crippen LogP contribution in [0.15, 0.2) is 36.4 Å². The van der Waals surface area contributed by atoms with Crippen LogP contribution in [0.2, 0.25) is 10.0 Å². The number of hydrogen-bond acceptors (Lipinski definition) is 3. The first-order valence-corrected chi connectivity index (χ1v) is 11.7. The van der Waals surface area contributed by atoms with Crippen molar-refractivity contribution in [3.63, 3.8) is 0 Å². The largest absolute Gasteiger partial charge is 0.483 e. The van der Waals surface area contributed by atoms with E-state index >= 15 is 0 Å². The number of aryl methyl sites for hydroxylation is 1. The number of nitrogens with one attached hydrogen (secondary N) is 1. The summed E-state index contributed by atoms with van der Waals surface area (Å²) in [6, 6.07) is 10.2. The smallest absolute Gasteiger partial charge is 0.261 e. The van der Waals surface area contributed by atoms with E-state index in [9.17, 15) is 9.59 Å². The fourth-order valence-corrected chi connectivity index (χ4v) is 3.83. The first kappa shape index (κ1) is 26.0. The highest BCUT2D eigenvalue weighted by Gasteiger charge is 2.30. The van der Waals surface area contributed by atoms with E-state index in [0.29, 0.717) is 27.8 Å². The van der Waals surface area contributed by atoms with Gasteiger partial charge in [-0.1, -0.05) is 55.2 Å². The molecule has 2 aromatic rings. The minimum absolute atomic E-state index is 0.00333. The summed E-state index contributed by atoms with van der Waals surface area (Å²) in [4.78, 5) is 27.9. The Labute approximate surface area is 201 Å². The van der Waals surface area contributed by atoms with Crippen LogP contribution < -0.4 is 10.1 Å². The Morgan fingerprint density at radius 1 is 1.03 bits per heavy atom. The third-order valence-electron chi connectivity index (χ3n) is 5.68. The van der Waals surface area contributed by atoms with Gasteiger partial charge in [0.1, 0.15) is 11.8 Å². The molecule has 2 atom stereocenters. The highest BCUT2D eigenvalue weighted by Crippen LogP contribution is 2.27. The number of carbonyl (C=O) groups is 2.